The number of carbonyl (C=O) groups is 2. The number of hydrogen-bond donors (Lipinski definition) is 0. The topological polar surface area (TPSA) is 37.4 Å². The number of imide groups is 1. The summed E-state index contributed by atoms with van der Waals surface area (Å²) in [6.07, 6.45) is 1.18. The lowest BCUT2D eigenvalue weighted by molar-refractivity contribution is -0.137. The van der Waals surface area contributed by atoms with Gasteiger partial charge >= 0.3 is 6.18 Å². The molecule has 3 nitrogen and oxygen atoms in total. The molecule has 2 bridgehead atoms. The number of anilines is 1. The van der Waals surface area contributed by atoms with Crippen LogP contribution in [0.1, 0.15) is 18.4 Å². The van der Waals surface area contributed by atoms with E-state index < -0.39 is 23.6 Å². The van der Waals surface area contributed by atoms with Gasteiger partial charge in [-0.15, -0.1) is 0 Å². The average molecular weight is 321 g/mol. The number of nitrogens with zero attached hydrogens (tertiary/aromatic N) is 1. The van der Waals surface area contributed by atoms with Crippen LogP contribution in [0.3, 0.4) is 0 Å². The summed E-state index contributed by atoms with van der Waals surface area (Å²) in [5.41, 5.74) is -0.838. The van der Waals surface area contributed by atoms with Gasteiger partial charge in [-0.2, -0.15) is 13.2 Å². The number of benzene rings is 1. The summed E-state index contributed by atoms with van der Waals surface area (Å²) in [4.78, 5) is 26.3. The largest absolute Gasteiger partial charge is 0.416 e. The van der Waals surface area contributed by atoms with E-state index in [1.807, 2.05) is 12.2 Å². The third-order valence-corrected chi connectivity index (χ3v) is 5.19. The summed E-state index contributed by atoms with van der Waals surface area (Å²) in [6.45, 7) is 0. The van der Waals surface area contributed by atoms with Crippen molar-refractivity contribution in [1.29, 1.82) is 0 Å². The molecule has 0 N–H and O–H groups in total. The average Bonchev–Trinajstić information content (AvgIpc) is 2.81. The minimum atomic E-state index is -4.50. The normalized spacial score (nSPS) is 32.6. The van der Waals surface area contributed by atoms with Gasteiger partial charge in [0.15, 0.2) is 0 Å². The number of carbonyl (C=O) groups excluding carboxylic acids is 2. The molecule has 1 aliphatic heterocycles. The number of fused-ring (bicyclic) bond motifs is 1. The second-order valence-corrected chi connectivity index (χ2v) is 6.40. The van der Waals surface area contributed by atoms with Gasteiger partial charge < -0.3 is 0 Å². The van der Waals surface area contributed by atoms with Crippen molar-refractivity contribution in [2.24, 2.45) is 23.7 Å². The lowest BCUT2D eigenvalue weighted by Gasteiger charge is -2.38. The van der Waals surface area contributed by atoms with Crippen LogP contribution in [-0.2, 0) is 15.8 Å². The highest BCUT2D eigenvalue weighted by Crippen LogP contribution is 2.50. The third-order valence-electron chi connectivity index (χ3n) is 5.19. The van der Waals surface area contributed by atoms with Crippen molar-refractivity contribution in [2.45, 2.75) is 19.0 Å². The zero-order valence-electron chi connectivity index (χ0n) is 12.1. The maximum absolute atomic E-state index is 12.9. The first-order chi connectivity index (χ1) is 10.9. The van der Waals surface area contributed by atoms with Crippen molar-refractivity contribution in [3.8, 4) is 0 Å². The molecule has 2 amide bonds. The molecule has 1 saturated carbocycles. The lowest BCUT2D eigenvalue weighted by Crippen LogP contribution is -2.38. The Kier molecular flexibility index (Phi) is 2.95. The second-order valence-electron chi connectivity index (χ2n) is 6.40. The van der Waals surface area contributed by atoms with Gasteiger partial charge in [0.2, 0.25) is 11.8 Å². The fourth-order valence-corrected chi connectivity index (χ4v) is 4.15. The molecule has 120 valence electrons. The monoisotopic (exact) mass is 321 g/mol. The van der Waals surface area contributed by atoms with Gasteiger partial charge in [-0.05, 0) is 42.9 Å². The summed E-state index contributed by atoms with van der Waals surface area (Å²) >= 11 is 0. The maximum Gasteiger partial charge on any atom is 0.416 e. The molecule has 0 aromatic heterocycles. The maximum atomic E-state index is 12.9. The fraction of sp³-hybridized carbons (Fsp3) is 0.412. The molecule has 3 aliphatic carbocycles. The molecule has 1 heterocycles. The molecule has 1 saturated heterocycles. The fourth-order valence-electron chi connectivity index (χ4n) is 4.15. The van der Waals surface area contributed by atoms with Crippen molar-refractivity contribution in [1.82, 2.24) is 0 Å². The van der Waals surface area contributed by atoms with Crippen molar-refractivity contribution in [3.05, 3.63) is 42.0 Å². The molecule has 5 rings (SSSR count). The Morgan fingerprint density at radius 1 is 0.957 bits per heavy atom. The van der Waals surface area contributed by atoms with E-state index >= 15 is 0 Å². The molecule has 2 fully saturated rings. The molecule has 0 unspecified atom stereocenters. The van der Waals surface area contributed by atoms with E-state index in [-0.39, 0.29) is 29.3 Å². The quantitative estimate of drug-likeness (QED) is 0.587. The van der Waals surface area contributed by atoms with Crippen LogP contribution in [0, 0.1) is 23.7 Å². The summed E-state index contributed by atoms with van der Waals surface area (Å²) in [7, 11) is 0. The standard InChI is InChI=1S/C17H14F3NO2/c18-17(19,20)11-2-1-3-12(8-11)21-15(22)13-9-4-5-10(7-6-9)14(13)16(21)23/h1-5,8-10,13-14H,6-7H2/t9-,10-,13+,14+/m1/s1. The second kappa shape index (κ2) is 4.69. The highest BCUT2D eigenvalue weighted by Gasteiger charge is 2.56. The van der Waals surface area contributed by atoms with E-state index in [4.69, 9.17) is 0 Å². The Morgan fingerprint density at radius 2 is 1.52 bits per heavy atom. The summed E-state index contributed by atoms with van der Waals surface area (Å²) in [5.74, 6) is -1.51. The molecule has 4 atom stereocenters. The van der Waals surface area contributed by atoms with E-state index in [0.717, 1.165) is 29.9 Å². The number of alkyl halides is 3. The van der Waals surface area contributed by atoms with Crippen LogP contribution in [0.25, 0.3) is 0 Å². The van der Waals surface area contributed by atoms with E-state index in [9.17, 15) is 22.8 Å². The first-order valence-electron chi connectivity index (χ1n) is 7.61. The predicted molar refractivity (Wildman–Crippen MR) is 76.3 cm³/mol. The van der Waals surface area contributed by atoms with Gasteiger partial charge in [0, 0.05) is 0 Å². The third kappa shape index (κ3) is 2.04. The lowest BCUT2D eigenvalue weighted by atomic mass is 9.63. The van der Waals surface area contributed by atoms with Crippen LogP contribution in [0.2, 0.25) is 0 Å². The van der Waals surface area contributed by atoms with Crippen LogP contribution >= 0.6 is 0 Å². The van der Waals surface area contributed by atoms with Gasteiger partial charge in [-0.1, -0.05) is 18.2 Å². The number of halogens is 3. The van der Waals surface area contributed by atoms with Gasteiger partial charge in [-0.3, -0.25) is 14.5 Å². The Balaban J connectivity index is 1.74. The van der Waals surface area contributed by atoms with Crippen molar-refractivity contribution < 1.29 is 22.8 Å². The molecule has 23 heavy (non-hydrogen) atoms. The first kappa shape index (κ1) is 14.5. The minimum absolute atomic E-state index is 0.0172. The van der Waals surface area contributed by atoms with E-state index in [1.165, 1.54) is 12.1 Å². The highest BCUT2D eigenvalue weighted by atomic mass is 19.4. The minimum Gasteiger partial charge on any atom is -0.274 e. The SMILES string of the molecule is O=C1[C@@H]2[C@@H](C(=O)N1c1cccc(C(F)(F)F)c1)[C@@H]1C=C[C@@H]2CC1. The number of rotatable bonds is 1. The molecular weight excluding hydrogens is 307 g/mol. The van der Waals surface area contributed by atoms with Crippen molar-refractivity contribution >= 4 is 17.5 Å². The zero-order valence-corrected chi connectivity index (χ0v) is 12.1. The van der Waals surface area contributed by atoms with Gasteiger partial charge in [0.05, 0.1) is 23.1 Å². The van der Waals surface area contributed by atoms with E-state index in [2.05, 4.69) is 0 Å². The zero-order chi connectivity index (χ0) is 16.4. The Hall–Kier alpha value is -2.11. The Labute approximate surface area is 130 Å². The predicted octanol–water partition coefficient (Wildman–Crippen LogP) is 3.41. The van der Waals surface area contributed by atoms with Crippen LogP contribution < -0.4 is 4.90 Å². The van der Waals surface area contributed by atoms with E-state index in [0.29, 0.717) is 0 Å². The molecule has 4 aliphatic rings. The Morgan fingerprint density at radius 3 is 2.00 bits per heavy atom. The number of allylic oxidation sites excluding steroid dienone is 2. The first-order valence-corrected chi connectivity index (χ1v) is 7.61. The van der Waals surface area contributed by atoms with Gasteiger partial charge in [0.25, 0.3) is 0 Å². The van der Waals surface area contributed by atoms with Crippen LogP contribution in [-0.4, -0.2) is 11.8 Å². The molecule has 6 heteroatoms. The number of hydrogen-bond acceptors (Lipinski definition) is 2. The van der Waals surface area contributed by atoms with E-state index in [1.54, 1.807) is 0 Å². The van der Waals surface area contributed by atoms with Crippen LogP contribution in [0.4, 0.5) is 18.9 Å². The number of amides is 2. The summed E-state index contributed by atoms with van der Waals surface area (Å²) in [5, 5.41) is 0. The molecule has 1 aromatic rings. The van der Waals surface area contributed by atoms with Crippen molar-refractivity contribution in [3.63, 3.8) is 0 Å². The van der Waals surface area contributed by atoms with Crippen LogP contribution in [0.5, 0.6) is 0 Å². The van der Waals surface area contributed by atoms with Crippen molar-refractivity contribution in [2.75, 3.05) is 4.90 Å². The Bertz CT molecular complexity index is 693. The summed E-state index contributed by atoms with van der Waals surface area (Å²) in [6, 6.07) is 4.43. The summed E-state index contributed by atoms with van der Waals surface area (Å²) < 4.78 is 38.6. The van der Waals surface area contributed by atoms with Gasteiger partial charge in [-0.25, -0.2) is 0 Å². The smallest absolute Gasteiger partial charge is 0.274 e. The molecule has 1 aromatic carbocycles. The van der Waals surface area contributed by atoms with Gasteiger partial charge in [0.1, 0.15) is 0 Å². The molecule has 0 spiro atoms. The van der Waals surface area contributed by atoms with Crippen LogP contribution in [0.15, 0.2) is 36.4 Å². The molecule has 0 radical (unpaired) electrons. The molecular formula is C17H14F3NO2. The highest BCUT2D eigenvalue weighted by molar-refractivity contribution is 6.22.